The molecule has 0 aliphatic rings. The lowest BCUT2D eigenvalue weighted by Crippen LogP contribution is -2.20. The summed E-state index contributed by atoms with van der Waals surface area (Å²) in [4.78, 5) is 0. The number of halogens is 1. The molecule has 0 fully saturated rings. The van der Waals surface area contributed by atoms with Gasteiger partial charge in [0.1, 0.15) is 0 Å². The summed E-state index contributed by atoms with van der Waals surface area (Å²) in [6.07, 6.45) is 1.53. The highest BCUT2D eigenvalue weighted by molar-refractivity contribution is 6.17. The molecule has 1 rings (SSSR count). The van der Waals surface area contributed by atoms with E-state index in [1.54, 1.807) is 0 Å². The number of rotatable bonds is 7. The maximum Gasteiger partial charge on any atom is 0.0443 e. The molecule has 1 aromatic carbocycles. The van der Waals surface area contributed by atoms with Crippen molar-refractivity contribution in [3.63, 3.8) is 0 Å². The Morgan fingerprint density at radius 2 is 1.72 bits per heavy atom. The van der Waals surface area contributed by atoms with Crippen molar-refractivity contribution in [1.29, 1.82) is 0 Å². The first kappa shape index (κ1) is 17.4. The minimum Gasteiger partial charge on any atom is -0.396 e. The maximum atomic E-state index is 8.61. The second-order valence-electron chi connectivity index (χ2n) is 3.93. The van der Waals surface area contributed by atoms with Crippen molar-refractivity contribution >= 4 is 11.6 Å². The van der Waals surface area contributed by atoms with E-state index in [0.29, 0.717) is 18.3 Å². The van der Waals surface area contributed by atoms with Crippen LogP contribution in [-0.2, 0) is 0 Å². The SMILES string of the molecule is C[C@@H](NCCCO)c1ccccc1.OCCCCl. The summed E-state index contributed by atoms with van der Waals surface area (Å²) in [7, 11) is 0. The number of nitrogens with one attached hydrogen (secondary N) is 1. The lowest BCUT2D eigenvalue weighted by Gasteiger charge is -2.13. The van der Waals surface area contributed by atoms with Crippen LogP contribution < -0.4 is 5.32 Å². The zero-order valence-electron chi connectivity index (χ0n) is 11.0. The molecule has 1 atom stereocenters. The van der Waals surface area contributed by atoms with Gasteiger partial charge < -0.3 is 15.5 Å². The molecule has 18 heavy (non-hydrogen) atoms. The Hall–Kier alpha value is -0.610. The van der Waals surface area contributed by atoms with Crippen LogP contribution in [0.1, 0.15) is 31.4 Å². The van der Waals surface area contributed by atoms with E-state index in [1.807, 2.05) is 18.2 Å². The lowest BCUT2D eigenvalue weighted by atomic mass is 10.1. The molecular weight excluding hydrogens is 250 g/mol. The molecule has 104 valence electrons. The lowest BCUT2D eigenvalue weighted by molar-refractivity contribution is 0.284. The van der Waals surface area contributed by atoms with E-state index in [-0.39, 0.29) is 13.2 Å². The largest absolute Gasteiger partial charge is 0.396 e. The highest BCUT2D eigenvalue weighted by Crippen LogP contribution is 2.10. The van der Waals surface area contributed by atoms with Gasteiger partial charge in [0, 0.05) is 25.1 Å². The molecule has 0 aliphatic carbocycles. The molecule has 0 heterocycles. The van der Waals surface area contributed by atoms with Crippen molar-refractivity contribution < 1.29 is 10.2 Å². The summed E-state index contributed by atoms with van der Waals surface area (Å²) in [5.41, 5.74) is 1.29. The van der Waals surface area contributed by atoms with Gasteiger partial charge in [-0.15, -0.1) is 11.6 Å². The number of benzene rings is 1. The summed E-state index contributed by atoms with van der Waals surface area (Å²) in [6.45, 7) is 3.47. The van der Waals surface area contributed by atoms with Crippen LogP contribution in [0.4, 0.5) is 0 Å². The average molecular weight is 274 g/mol. The highest BCUT2D eigenvalue weighted by atomic mass is 35.5. The number of aliphatic hydroxyl groups excluding tert-OH is 2. The van der Waals surface area contributed by atoms with E-state index in [9.17, 15) is 0 Å². The average Bonchev–Trinajstić information content (AvgIpc) is 2.41. The van der Waals surface area contributed by atoms with Crippen LogP contribution in [0.3, 0.4) is 0 Å². The van der Waals surface area contributed by atoms with Crippen LogP contribution in [-0.4, -0.2) is 35.9 Å². The van der Waals surface area contributed by atoms with E-state index in [0.717, 1.165) is 13.0 Å². The summed E-state index contributed by atoms with van der Waals surface area (Å²) < 4.78 is 0. The number of alkyl halides is 1. The minimum atomic E-state index is 0.212. The van der Waals surface area contributed by atoms with Crippen LogP contribution in [0, 0.1) is 0 Å². The van der Waals surface area contributed by atoms with Gasteiger partial charge in [-0.3, -0.25) is 0 Å². The number of aliphatic hydroxyl groups is 2. The van der Waals surface area contributed by atoms with Crippen LogP contribution in [0.25, 0.3) is 0 Å². The van der Waals surface area contributed by atoms with Crippen molar-refractivity contribution in [1.82, 2.24) is 5.32 Å². The van der Waals surface area contributed by atoms with Gasteiger partial charge in [-0.1, -0.05) is 30.3 Å². The molecule has 0 saturated carbocycles. The Bertz CT molecular complexity index is 268. The second-order valence-corrected chi connectivity index (χ2v) is 4.31. The molecule has 4 heteroatoms. The maximum absolute atomic E-state index is 8.61. The zero-order chi connectivity index (χ0) is 13.6. The third-order valence-corrected chi connectivity index (χ3v) is 2.64. The normalized spacial score (nSPS) is 11.6. The zero-order valence-corrected chi connectivity index (χ0v) is 11.7. The molecule has 0 unspecified atom stereocenters. The molecular formula is C14H24ClNO2. The first-order valence-electron chi connectivity index (χ1n) is 6.32. The fourth-order valence-electron chi connectivity index (χ4n) is 1.32. The molecule has 0 saturated heterocycles. The van der Waals surface area contributed by atoms with E-state index in [4.69, 9.17) is 21.8 Å². The topological polar surface area (TPSA) is 52.5 Å². The van der Waals surface area contributed by atoms with Crippen LogP contribution in [0.15, 0.2) is 30.3 Å². The molecule has 0 bridgehead atoms. The first-order valence-corrected chi connectivity index (χ1v) is 6.85. The van der Waals surface area contributed by atoms with Gasteiger partial charge in [-0.25, -0.2) is 0 Å². The van der Waals surface area contributed by atoms with E-state index < -0.39 is 0 Å². The van der Waals surface area contributed by atoms with Gasteiger partial charge in [-0.2, -0.15) is 0 Å². The summed E-state index contributed by atoms with van der Waals surface area (Å²) in [6, 6.07) is 10.7. The standard InChI is InChI=1S/C11H17NO.C3H7ClO/c1-10(12-8-5-9-13)11-6-3-2-4-7-11;4-2-1-3-5/h2-4,6-7,10,12-13H,5,8-9H2,1H3;5H,1-3H2/t10-;/m1./s1. The van der Waals surface area contributed by atoms with Gasteiger partial charge in [-0.05, 0) is 31.9 Å². The summed E-state index contributed by atoms with van der Waals surface area (Å²) >= 11 is 5.14. The molecule has 0 amide bonds. The third kappa shape index (κ3) is 9.42. The Morgan fingerprint density at radius 1 is 1.11 bits per heavy atom. The predicted octanol–water partition coefficient (Wildman–Crippen LogP) is 2.33. The Morgan fingerprint density at radius 3 is 2.17 bits per heavy atom. The Labute approximate surface area is 115 Å². The summed E-state index contributed by atoms with van der Waals surface area (Å²) in [5.74, 6) is 0.566. The van der Waals surface area contributed by atoms with Crippen molar-refractivity contribution in [3.05, 3.63) is 35.9 Å². The quantitative estimate of drug-likeness (QED) is 0.528. The highest BCUT2D eigenvalue weighted by Gasteiger charge is 2.01. The van der Waals surface area contributed by atoms with Gasteiger partial charge in [0.25, 0.3) is 0 Å². The van der Waals surface area contributed by atoms with Gasteiger partial charge in [0.05, 0.1) is 0 Å². The number of hydrogen-bond acceptors (Lipinski definition) is 3. The molecule has 3 N–H and O–H groups in total. The van der Waals surface area contributed by atoms with Gasteiger partial charge in [0.15, 0.2) is 0 Å². The Balaban J connectivity index is 0.000000494. The number of hydrogen-bond donors (Lipinski definition) is 3. The van der Waals surface area contributed by atoms with Crippen LogP contribution in [0.5, 0.6) is 0 Å². The summed E-state index contributed by atoms with van der Waals surface area (Å²) in [5, 5.41) is 19.9. The van der Waals surface area contributed by atoms with E-state index >= 15 is 0 Å². The van der Waals surface area contributed by atoms with Crippen molar-refractivity contribution in [2.45, 2.75) is 25.8 Å². The van der Waals surface area contributed by atoms with Crippen LogP contribution in [0.2, 0.25) is 0 Å². The molecule has 1 aromatic rings. The molecule has 0 spiro atoms. The van der Waals surface area contributed by atoms with Crippen molar-refractivity contribution in [3.8, 4) is 0 Å². The fraction of sp³-hybridized carbons (Fsp3) is 0.571. The molecule has 0 radical (unpaired) electrons. The van der Waals surface area contributed by atoms with E-state index in [2.05, 4.69) is 24.4 Å². The van der Waals surface area contributed by atoms with Crippen molar-refractivity contribution in [2.24, 2.45) is 0 Å². The predicted molar refractivity (Wildman–Crippen MR) is 77.0 cm³/mol. The Kier molecular flexibility index (Phi) is 12.4. The minimum absolute atomic E-state index is 0.212. The monoisotopic (exact) mass is 273 g/mol. The smallest absolute Gasteiger partial charge is 0.0443 e. The second kappa shape index (κ2) is 12.8. The van der Waals surface area contributed by atoms with Gasteiger partial charge >= 0.3 is 0 Å². The molecule has 3 nitrogen and oxygen atoms in total. The van der Waals surface area contributed by atoms with E-state index in [1.165, 1.54) is 5.56 Å². The fourth-order valence-corrected chi connectivity index (χ4v) is 1.44. The molecule has 0 aromatic heterocycles. The molecule has 0 aliphatic heterocycles. The first-order chi connectivity index (χ1) is 8.76. The van der Waals surface area contributed by atoms with Gasteiger partial charge in [0.2, 0.25) is 0 Å². The van der Waals surface area contributed by atoms with Crippen molar-refractivity contribution in [2.75, 3.05) is 25.6 Å². The third-order valence-electron chi connectivity index (χ3n) is 2.38. The van der Waals surface area contributed by atoms with Crippen LogP contribution >= 0.6 is 11.6 Å².